The molecule has 3 saturated heterocycles. The van der Waals surface area contributed by atoms with Crippen molar-refractivity contribution in [3.63, 3.8) is 0 Å². The van der Waals surface area contributed by atoms with Gasteiger partial charge in [-0.25, -0.2) is 0 Å². The van der Waals surface area contributed by atoms with Crippen LogP contribution in [0.25, 0.3) is 6.08 Å². The molecule has 0 aliphatic carbocycles. The topological polar surface area (TPSA) is 328 Å². The molecule has 53 heavy (non-hydrogen) atoms. The van der Waals surface area contributed by atoms with Gasteiger partial charge in [-0.05, 0) is 25.1 Å². The summed E-state index contributed by atoms with van der Waals surface area (Å²) in [6.45, 7) is 0.179. The van der Waals surface area contributed by atoms with E-state index in [1.807, 2.05) is 0 Å². The first-order valence-corrected chi connectivity index (χ1v) is 16.5. The van der Waals surface area contributed by atoms with Crippen molar-refractivity contribution in [1.29, 1.82) is 0 Å². The zero-order chi connectivity index (χ0) is 38.5. The van der Waals surface area contributed by atoms with Crippen molar-refractivity contribution < 1.29 is 99.5 Å². The van der Waals surface area contributed by atoms with Crippen LogP contribution in [0.4, 0.5) is 0 Å². The molecule has 0 radical (unpaired) electrons. The van der Waals surface area contributed by atoms with E-state index in [1.54, 1.807) is 0 Å². The third-order valence-corrected chi connectivity index (χ3v) is 9.44. The average Bonchev–Trinajstić information content (AvgIpc) is 3.12. The number of aromatic hydroxyl groups is 4. The first kappa shape index (κ1) is 39.1. The fraction of sp³-hybridized carbons (Fsp3) is 0.576. The lowest BCUT2D eigenvalue weighted by atomic mass is 9.98. The number of hydrogen-bond donors (Lipinski definition) is 13. The number of benzene rings is 2. The Morgan fingerprint density at radius 3 is 1.72 bits per heavy atom. The molecule has 20 nitrogen and oxygen atoms in total. The van der Waals surface area contributed by atoms with Gasteiger partial charge in [0.25, 0.3) is 0 Å². The van der Waals surface area contributed by atoms with Gasteiger partial charge in [0.15, 0.2) is 30.2 Å². The highest BCUT2D eigenvalue weighted by molar-refractivity contribution is 5.69. The second-order valence-electron chi connectivity index (χ2n) is 13.2. The summed E-state index contributed by atoms with van der Waals surface area (Å²) in [6, 6.07) is 5.91. The molecule has 0 bridgehead atoms. The Morgan fingerprint density at radius 1 is 0.566 bits per heavy atom. The Kier molecular flexibility index (Phi) is 11.5. The summed E-state index contributed by atoms with van der Waals surface area (Å²) in [5.41, 5.74) is 0.236. The van der Waals surface area contributed by atoms with Crippen molar-refractivity contribution in [3.05, 3.63) is 47.2 Å². The Balaban J connectivity index is 1.16. The maximum absolute atomic E-state index is 10.8. The minimum absolute atomic E-state index is 0.00490. The Hall–Kier alpha value is -3.58. The third kappa shape index (κ3) is 7.83. The Bertz CT molecular complexity index is 1620. The highest BCUT2D eigenvalue weighted by Crippen LogP contribution is 2.45. The second-order valence-corrected chi connectivity index (χ2v) is 13.2. The molecule has 16 atom stereocenters. The van der Waals surface area contributed by atoms with Gasteiger partial charge in [-0.2, -0.15) is 0 Å². The molecule has 0 spiro atoms. The van der Waals surface area contributed by atoms with Crippen molar-refractivity contribution in [3.8, 4) is 28.7 Å². The minimum atomic E-state index is -1.91. The van der Waals surface area contributed by atoms with Crippen LogP contribution in [0, 0.1) is 0 Å². The largest absolute Gasteiger partial charge is 0.508 e. The molecule has 3 fully saturated rings. The number of phenolic OH excluding ortho intramolecular Hbond substituents is 4. The number of rotatable bonds is 9. The monoisotopic (exact) mass is 758 g/mol. The van der Waals surface area contributed by atoms with Crippen LogP contribution >= 0.6 is 0 Å². The lowest BCUT2D eigenvalue weighted by Crippen LogP contribution is -2.62. The van der Waals surface area contributed by atoms with Gasteiger partial charge < -0.3 is 99.5 Å². The molecule has 0 amide bonds. The smallest absolute Gasteiger partial charge is 0.228 e. The summed E-state index contributed by atoms with van der Waals surface area (Å²) in [7, 11) is 0. The van der Waals surface area contributed by atoms with Gasteiger partial charge in [-0.3, -0.25) is 0 Å². The molecule has 2 aromatic carbocycles. The predicted octanol–water partition coefficient (Wildman–Crippen LogP) is -3.52. The molecule has 294 valence electrons. The molecule has 13 N–H and O–H groups in total. The van der Waals surface area contributed by atoms with Crippen LogP contribution < -0.4 is 4.74 Å². The van der Waals surface area contributed by atoms with Gasteiger partial charge in [-0.1, -0.05) is 6.07 Å². The molecule has 4 heterocycles. The van der Waals surface area contributed by atoms with Gasteiger partial charge in [0, 0.05) is 17.7 Å². The van der Waals surface area contributed by atoms with E-state index >= 15 is 0 Å². The summed E-state index contributed by atoms with van der Waals surface area (Å²) in [5.74, 6) is -1.89. The summed E-state index contributed by atoms with van der Waals surface area (Å²) in [5, 5.41) is 135. The lowest BCUT2D eigenvalue weighted by molar-refractivity contribution is -0.339. The van der Waals surface area contributed by atoms with Crippen LogP contribution in [0.3, 0.4) is 0 Å². The number of aliphatic hydroxyl groups is 9. The Labute approximate surface area is 300 Å². The number of ether oxygens (including phenoxy) is 7. The summed E-state index contributed by atoms with van der Waals surface area (Å²) in [4.78, 5) is 0. The van der Waals surface area contributed by atoms with Gasteiger partial charge in [0.2, 0.25) is 6.29 Å². The number of aliphatic hydroxyl groups excluding tert-OH is 9. The molecule has 2 aromatic rings. The molecule has 0 aromatic heterocycles. The van der Waals surface area contributed by atoms with E-state index in [2.05, 4.69) is 0 Å². The predicted molar refractivity (Wildman–Crippen MR) is 170 cm³/mol. The Morgan fingerprint density at radius 2 is 1.11 bits per heavy atom. The van der Waals surface area contributed by atoms with Crippen molar-refractivity contribution in [2.24, 2.45) is 0 Å². The van der Waals surface area contributed by atoms with E-state index in [1.165, 1.54) is 25.1 Å². The van der Waals surface area contributed by atoms with Crippen LogP contribution in [0.1, 0.15) is 24.2 Å². The fourth-order valence-corrected chi connectivity index (χ4v) is 6.28. The SMILES string of the molecule is CC1OC(OCC2OC(OCC3OC(OC4=Cc5c(O)cc(O)cc5OC4c4ccc(O)c(O)c4)C(O)C(O)C3O)C(O)C(O)C2O)C(O)C(O)C1O. The number of phenols is 4. The normalized spacial score (nSPS) is 40.2. The first-order chi connectivity index (χ1) is 25.0. The molecular weight excluding hydrogens is 716 g/mol. The van der Waals surface area contributed by atoms with Gasteiger partial charge in [0.05, 0.1) is 24.9 Å². The van der Waals surface area contributed by atoms with Crippen LogP contribution in [0.2, 0.25) is 0 Å². The van der Waals surface area contributed by atoms with Gasteiger partial charge >= 0.3 is 0 Å². The average molecular weight is 759 g/mol. The van der Waals surface area contributed by atoms with Gasteiger partial charge in [0.1, 0.15) is 90.2 Å². The van der Waals surface area contributed by atoms with Crippen molar-refractivity contribution >= 4 is 6.08 Å². The standard InChI is InChI=1S/C33H42O20/c1-10-21(38)24(41)27(44)31(49-10)47-8-19-22(39)25(42)28(45)32(52-19)48-9-20-23(40)26(43)29(46)33(53-20)51-18-7-13-15(36)5-12(34)6-17(13)50-30(18)11-2-3-14(35)16(37)4-11/h2-7,10,19-46H,8-9H2,1H3. The molecular formula is C33H42O20. The van der Waals surface area contributed by atoms with Crippen LogP contribution in [0.15, 0.2) is 36.1 Å². The molecule has 4 aliphatic rings. The highest BCUT2D eigenvalue weighted by atomic mass is 16.7. The molecule has 16 unspecified atom stereocenters. The summed E-state index contributed by atoms with van der Waals surface area (Å²) < 4.78 is 39.7. The van der Waals surface area contributed by atoms with E-state index < -0.39 is 129 Å². The summed E-state index contributed by atoms with van der Waals surface area (Å²) >= 11 is 0. The second kappa shape index (κ2) is 15.6. The molecule has 0 saturated carbocycles. The quantitative estimate of drug-likeness (QED) is 0.110. The van der Waals surface area contributed by atoms with Crippen LogP contribution in [0.5, 0.6) is 28.7 Å². The van der Waals surface area contributed by atoms with Crippen LogP contribution in [-0.4, -0.2) is 172 Å². The van der Waals surface area contributed by atoms with E-state index in [-0.39, 0.29) is 28.4 Å². The molecule has 20 heteroatoms. The van der Waals surface area contributed by atoms with Crippen molar-refractivity contribution in [2.45, 2.75) is 105 Å². The van der Waals surface area contributed by atoms with E-state index in [0.29, 0.717) is 0 Å². The van der Waals surface area contributed by atoms with Crippen LogP contribution in [-0.2, 0) is 28.4 Å². The van der Waals surface area contributed by atoms with Crippen molar-refractivity contribution in [2.75, 3.05) is 13.2 Å². The molecule has 6 rings (SSSR count). The van der Waals surface area contributed by atoms with E-state index in [0.717, 1.165) is 18.2 Å². The fourth-order valence-electron chi connectivity index (χ4n) is 6.28. The maximum Gasteiger partial charge on any atom is 0.228 e. The number of hydrogen-bond acceptors (Lipinski definition) is 20. The van der Waals surface area contributed by atoms with Gasteiger partial charge in [-0.15, -0.1) is 0 Å². The van der Waals surface area contributed by atoms with E-state index in [9.17, 15) is 66.4 Å². The molecule has 4 aliphatic heterocycles. The highest BCUT2D eigenvalue weighted by Gasteiger charge is 2.50. The van der Waals surface area contributed by atoms with E-state index in [4.69, 9.17) is 33.2 Å². The minimum Gasteiger partial charge on any atom is -0.508 e. The first-order valence-electron chi connectivity index (χ1n) is 16.5. The lowest BCUT2D eigenvalue weighted by Gasteiger charge is -2.44. The maximum atomic E-state index is 10.8. The zero-order valence-electron chi connectivity index (χ0n) is 27.8. The zero-order valence-corrected chi connectivity index (χ0v) is 27.8. The van der Waals surface area contributed by atoms with Crippen molar-refractivity contribution in [1.82, 2.24) is 0 Å². The summed E-state index contributed by atoms with van der Waals surface area (Å²) in [6.07, 6.45) is -24.6. The number of fused-ring (bicyclic) bond motifs is 1. The third-order valence-electron chi connectivity index (χ3n) is 9.44.